The molecule has 3 aromatic carbocycles. The van der Waals surface area contributed by atoms with Crippen LogP contribution in [0, 0.1) is 13.8 Å². The monoisotopic (exact) mass is 369 g/mol. The summed E-state index contributed by atoms with van der Waals surface area (Å²) >= 11 is 0. The Morgan fingerprint density at radius 1 is 0.821 bits per heavy atom. The first-order chi connectivity index (χ1) is 13.7. The standard InChI is InChI=1S/C23H23N5/c1-17-10-9-11-18(2)22(17)28-23(25-26-27-28)21(20-14-7-4-8-15-20)24-16-19-12-5-3-6-13-19/h3-15,21,24H,16H2,1-2H3. The zero-order valence-electron chi connectivity index (χ0n) is 16.1. The summed E-state index contributed by atoms with van der Waals surface area (Å²) in [4.78, 5) is 0. The summed E-state index contributed by atoms with van der Waals surface area (Å²) in [7, 11) is 0. The zero-order valence-corrected chi connectivity index (χ0v) is 16.1. The lowest BCUT2D eigenvalue weighted by atomic mass is 10.0. The Bertz CT molecular complexity index is 1020. The Kier molecular flexibility index (Phi) is 5.26. The number of aromatic nitrogens is 4. The molecule has 0 saturated heterocycles. The van der Waals surface area contributed by atoms with Gasteiger partial charge >= 0.3 is 0 Å². The number of tetrazole rings is 1. The van der Waals surface area contributed by atoms with Gasteiger partial charge in [0.15, 0.2) is 5.82 Å². The van der Waals surface area contributed by atoms with Crippen LogP contribution < -0.4 is 5.32 Å². The van der Waals surface area contributed by atoms with Crippen LogP contribution >= 0.6 is 0 Å². The lowest BCUT2D eigenvalue weighted by Gasteiger charge is -2.20. The summed E-state index contributed by atoms with van der Waals surface area (Å²) in [5, 5.41) is 16.4. The van der Waals surface area contributed by atoms with E-state index in [1.54, 1.807) is 0 Å². The highest BCUT2D eigenvalue weighted by Gasteiger charge is 2.23. The van der Waals surface area contributed by atoms with Gasteiger partial charge in [0.05, 0.1) is 11.7 Å². The molecule has 140 valence electrons. The average molecular weight is 369 g/mol. The molecule has 5 nitrogen and oxygen atoms in total. The molecule has 0 spiro atoms. The van der Waals surface area contributed by atoms with Gasteiger partial charge in [0, 0.05) is 6.54 Å². The number of aryl methyl sites for hydroxylation is 2. The molecule has 4 rings (SSSR count). The summed E-state index contributed by atoms with van der Waals surface area (Å²) < 4.78 is 1.86. The van der Waals surface area contributed by atoms with Crippen molar-refractivity contribution in [3.63, 3.8) is 0 Å². The van der Waals surface area contributed by atoms with Crippen molar-refractivity contribution < 1.29 is 0 Å². The third-order valence-electron chi connectivity index (χ3n) is 4.89. The summed E-state index contributed by atoms with van der Waals surface area (Å²) in [6.45, 7) is 4.89. The van der Waals surface area contributed by atoms with Crippen molar-refractivity contribution in [3.05, 3.63) is 107 Å². The van der Waals surface area contributed by atoms with Gasteiger partial charge in [0.2, 0.25) is 0 Å². The molecule has 0 fully saturated rings. The minimum absolute atomic E-state index is 0.129. The van der Waals surface area contributed by atoms with Crippen LogP contribution in [-0.2, 0) is 6.54 Å². The lowest BCUT2D eigenvalue weighted by molar-refractivity contribution is 0.560. The second-order valence-corrected chi connectivity index (χ2v) is 6.90. The number of nitrogens with one attached hydrogen (secondary N) is 1. The van der Waals surface area contributed by atoms with Gasteiger partial charge in [-0.25, -0.2) is 0 Å². The highest BCUT2D eigenvalue weighted by molar-refractivity contribution is 5.47. The van der Waals surface area contributed by atoms with Crippen molar-refractivity contribution in [3.8, 4) is 5.69 Å². The van der Waals surface area contributed by atoms with Gasteiger partial charge in [0.1, 0.15) is 0 Å². The largest absolute Gasteiger partial charge is 0.299 e. The predicted octanol–water partition coefficient (Wildman–Crippen LogP) is 4.16. The Labute approximate surface area is 165 Å². The van der Waals surface area contributed by atoms with E-state index >= 15 is 0 Å². The highest BCUT2D eigenvalue weighted by Crippen LogP contribution is 2.25. The molecular weight excluding hydrogens is 346 g/mol. The fraction of sp³-hybridized carbons (Fsp3) is 0.174. The molecule has 1 unspecified atom stereocenters. The van der Waals surface area contributed by atoms with Crippen molar-refractivity contribution >= 4 is 0 Å². The van der Waals surface area contributed by atoms with Crippen molar-refractivity contribution in [2.24, 2.45) is 0 Å². The van der Waals surface area contributed by atoms with E-state index in [0.29, 0.717) is 0 Å². The molecule has 0 amide bonds. The molecule has 0 saturated carbocycles. The number of para-hydroxylation sites is 1. The van der Waals surface area contributed by atoms with E-state index in [-0.39, 0.29) is 6.04 Å². The number of nitrogens with zero attached hydrogens (tertiary/aromatic N) is 4. The van der Waals surface area contributed by atoms with Gasteiger partial charge in [-0.05, 0) is 46.5 Å². The third kappa shape index (κ3) is 3.70. The number of hydrogen-bond donors (Lipinski definition) is 1. The normalized spacial score (nSPS) is 12.1. The minimum atomic E-state index is -0.129. The smallest absolute Gasteiger partial charge is 0.178 e. The predicted molar refractivity (Wildman–Crippen MR) is 110 cm³/mol. The molecule has 1 atom stereocenters. The number of benzene rings is 3. The summed E-state index contributed by atoms with van der Waals surface area (Å²) in [6, 6.07) is 26.8. The Morgan fingerprint density at radius 3 is 2.14 bits per heavy atom. The number of hydrogen-bond acceptors (Lipinski definition) is 4. The van der Waals surface area contributed by atoms with Crippen molar-refractivity contribution in [1.29, 1.82) is 0 Å². The van der Waals surface area contributed by atoms with E-state index in [0.717, 1.165) is 34.7 Å². The van der Waals surface area contributed by atoms with E-state index in [2.05, 4.69) is 89.3 Å². The van der Waals surface area contributed by atoms with E-state index in [4.69, 9.17) is 0 Å². The molecule has 0 bridgehead atoms. The SMILES string of the molecule is Cc1cccc(C)c1-n1nnnc1C(NCc1ccccc1)c1ccccc1. The lowest BCUT2D eigenvalue weighted by Crippen LogP contribution is -2.25. The quantitative estimate of drug-likeness (QED) is 0.554. The zero-order chi connectivity index (χ0) is 19.3. The molecule has 1 aromatic heterocycles. The Morgan fingerprint density at radius 2 is 1.46 bits per heavy atom. The molecule has 28 heavy (non-hydrogen) atoms. The fourth-order valence-electron chi connectivity index (χ4n) is 3.49. The van der Waals surface area contributed by atoms with Gasteiger partial charge in [0.25, 0.3) is 0 Å². The maximum atomic E-state index is 4.40. The van der Waals surface area contributed by atoms with Gasteiger partial charge in [-0.15, -0.1) is 5.10 Å². The van der Waals surface area contributed by atoms with E-state index in [1.165, 1.54) is 5.56 Å². The van der Waals surface area contributed by atoms with Crippen LogP contribution in [0.1, 0.15) is 34.1 Å². The molecule has 5 heteroatoms. The first kappa shape index (κ1) is 18.1. The van der Waals surface area contributed by atoms with Crippen LogP contribution in [0.5, 0.6) is 0 Å². The first-order valence-electron chi connectivity index (χ1n) is 9.41. The highest BCUT2D eigenvalue weighted by atomic mass is 15.5. The van der Waals surface area contributed by atoms with Crippen LogP contribution in [0.2, 0.25) is 0 Å². The van der Waals surface area contributed by atoms with Crippen LogP contribution in [0.25, 0.3) is 5.69 Å². The summed E-state index contributed by atoms with van der Waals surface area (Å²) in [6.07, 6.45) is 0. The van der Waals surface area contributed by atoms with E-state index < -0.39 is 0 Å². The van der Waals surface area contributed by atoms with Crippen LogP contribution in [0.3, 0.4) is 0 Å². The van der Waals surface area contributed by atoms with Gasteiger partial charge in [-0.2, -0.15) is 4.68 Å². The second kappa shape index (κ2) is 8.15. The molecule has 1 heterocycles. The van der Waals surface area contributed by atoms with Gasteiger partial charge < -0.3 is 0 Å². The second-order valence-electron chi connectivity index (χ2n) is 6.90. The topological polar surface area (TPSA) is 55.6 Å². The average Bonchev–Trinajstić information content (AvgIpc) is 3.19. The van der Waals surface area contributed by atoms with Crippen LogP contribution in [0.4, 0.5) is 0 Å². The van der Waals surface area contributed by atoms with Crippen molar-refractivity contribution in [1.82, 2.24) is 25.5 Å². The summed E-state index contributed by atoms with van der Waals surface area (Å²) in [5.41, 5.74) is 5.66. The van der Waals surface area contributed by atoms with E-state index in [9.17, 15) is 0 Å². The van der Waals surface area contributed by atoms with Crippen molar-refractivity contribution in [2.45, 2.75) is 26.4 Å². The molecule has 0 aliphatic heterocycles. The van der Waals surface area contributed by atoms with Crippen LogP contribution in [-0.4, -0.2) is 20.2 Å². The molecule has 4 aromatic rings. The maximum Gasteiger partial charge on any atom is 0.178 e. The fourth-order valence-corrected chi connectivity index (χ4v) is 3.49. The molecule has 0 aliphatic carbocycles. The molecular formula is C23H23N5. The third-order valence-corrected chi connectivity index (χ3v) is 4.89. The molecule has 0 aliphatic rings. The van der Waals surface area contributed by atoms with Gasteiger partial charge in [-0.1, -0.05) is 78.9 Å². The van der Waals surface area contributed by atoms with Crippen molar-refractivity contribution in [2.75, 3.05) is 0 Å². The Balaban J connectivity index is 1.75. The first-order valence-corrected chi connectivity index (χ1v) is 9.41. The maximum absolute atomic E-state index is 4.40. The van der Waals surface area contributed by atoms with Gasteiger partial charge in [-0.3, -0.25) is 5.32 Å². The van der Waals surface area contributed by atoms with E-state index in [1.807, 2.05) is 28.9 Å². The van der Waals surface area contributed by atoms with Crippen LogP contribution in [0.15, 0.2) is 78.9 Å². The molecule has 1 N–H and O–H groups in total. The number of rotatable bonds is 6. The summed E-state index contributed by atoms with van der Waals surface area (Å²) in [5.74, 6) is 0.777. The minimum Gasteiger partial charge on any atom is -0.299 e. The molecule has 0 radical (unpaired) electrons. The Hall–Kier alpha value is -3.31.